The molecule has 0 radical (unpaired) electrons. The van der Waals surface area contributed by atoms with Gasteiger partial charge in [-0.05, 0) is 31.0 Å². The van der Waals surface area contributed by atoms with Gasteiger partial charge in [0, 0.05) is 25.1 Å². The van der Waals surface area contributed by atoms with Crippen LogP contribution in [0.4, 0.5) is 11.5 Å². The lowest BCUT2D eigenvalue weighted by Crippen LogP contribution is -2.38. The van der Waals surface area contributed by atoms with Crippen LogP contribution in [0.25, 0.3) is 0 Å². The maximum atomic E-state index is 12.4. The number of nitrogens with one attached hydrogen (secondary N) is 1. The summed E-state index contributed by atoms with van der Waals surface area (Å²) in [6.45, 7) is 1.52. The van der Waals surface area contributed by atoms with E-state index in [0.717, 1.165) is 31.7 Å². The van der Waals surface area contributed by atoms with Crippen LogP contribution in [0, 0.1) is 5.92 Å². The number of aromatic nitrogens is 3. The van der Waals surface area contributed by atoms with E-state index in [9.17, 15) is 4.79 Å². The molecule has 8 heteroatoms. The number of amides is 1. The molecule has 0 atom stereocenters. The predicted molar refractivity (Wildman–Crippen MR) is 91.4 cm³/mol. The van der Waals surface area contributed by atoms with Crippen molar-refractivity contribution < 1.29 is 9.53 Å². The van der Waals surface area contributed by atoms with Crippen LogP contribution in [0.2, 0.25) is 5.15 Å². The fourth-order valence-electron chi connectivity index (χ4n) is 2.67. The van der Waals surface area contributed by atoms with Crippen molar-refractivity contribution in [2.24, 2.45) is 5.92 Å². The first kappa shape index (κ1) is 16.4. The Balaban J connectivity index is 1.53. The van der Waals surface area contributed by atoms with Crippen molar-refractivity contribution in [2.75, 3.05) is 30.4 Å². The van der Waals surface area contributed by atoms with Gasteiger partial charge in [0.1, 0.15) is 0 Å². The Bertz CT molecular complexity index is 685. The summed E-state index contributed by atoms with van der Waals surface area (Å²) in [6, 6.07) is 7.07. The number of nitrogens with zero attached hydrogens (tertiary/aromatic N) is 4. The van der Waals surface area contributed by atoms with E-state index in [1.165, 1.54) is 0 Å². The monoisotopic (exact) mass is 347 g/mol. The van der Waals surface area contributed by atoms with Crippen molar-refractivity contribution in [1.82, 2.24) is 15.2 Å². The Morgan fingerprint density at radius 3 is 2.62 bits per heavy atom. The first-order valence-electron chi connectivity index (χ1n) is 7.71. The van der Waals surface area contributed by atoms with Gasteiger partial charge in [0.2, 0.25) is 11.8 Å². The minimum Gasteiger partial charge on any atom is -0.481 e. The topological polar surface area (TPSA) is 80.2 Å². The molecule has 7 nitrogen and oxygen atoms in total. The number of halogens is 1. The third kappa shape index (κ3) is 3.91. The number of hydrogen-bond donors (Lipinski definition) is 1. The maximum absolute atomic E-state index is 12.4. The summed E-state index contributed by atoms with van der Waals surface area (Å²) >= 11 is 5.75. The molecule has 0 spiro atoms. The smallest absolute Gasteiger partial charge is 0.227 e. The molecule has 3 heterocycles. The van der Waals surface area contributed by atoms with Gasteiger partial charge in [0.25, 0.3) is 0 Å². The highest BCUT2D eigenvalue weighted by Crippen LogP contribution is 2.23. The standard InChI is InChI=1S/C16H18ClN5O2/c1-24-15-5-2-12(10-18-15)19-16(23)11-6-8-22(9-7-11)14-4-3-13(17)20-21-14/h2-5,10-11H,6-9H2,1H3,(H,19,23). The highest BCUT2D eigenvalue weighted by atomic mass is 35.5. The van der Waals surface area contributed by atoms with Gasteiger partial charge in [-0.15, -0.1) is 10.2 Å². The zero-order chi connectivity index (χ0) is 16.9. The van der Waals surface area contributed by atoms with Crippen LogP contribution in [-0.4, -0.2) is 41.3 Å². The summed E-state index contributed by atoms with van der Waals surface area (Å²) in [5.41, 5.74) is 0.673. The number of ether oxygens (including phenoxy) is 1. The fourth-order valence-corrected chi connectivity index (χ4v) is 2.77. The molecule has 1 N–H and O–H groups in total. The first-order valence-corrected chi connectivity index (χ1v) is 8.08. The molecular formula is C16H18ClN5O2. The second-order valence-corrected chi connectivity index (χ2v) is 5.94. The van der Waals surface area contributed by atoms with Gasteiger partial charge in [0.05, 0.1) is 19.0 Å². The fraction of sp³-hybridized carbons (Fsp3) is 0.375. The number of carbonyl (C=O) groups is 1. The van der Waals surface area contributed by atoms with E-state index in [1.807, 2.05) is 6.07 Å². The van der Waals surface area contributed by atoms with Crippen LogP contribution >= 0.6 is 11.6 Å². The summed E-state index contributed by atoms with van der Waals surface area (Å²) in [6.07, 6.45) is 3.12. The molecule has 0 aromatic carbocycles. The highest BCUT2D eigenvalue weighted by Gasteiger charge is 2.25. The summed E-state index contributed by atoms with van der Waals surface area (Å²) in [7, 11) is 1.55. The second-order valence-electron chi connectivity index (χ2n) is 5.55. The van der Waals surface area contributed by atoms with E-state index in [-0.39, 0.29) is 11.8 Å². The molecule has 1 amide bonds. The van der Waals surface area contributed by atoms with Crippen LogP contribution in [0.3, 0.4) is 0 Å². The lowest BCUT2D eigenvalue weighted by molar-refractivity contribution is -0.120. The Kier molecular flexibility index (Phi) is 5.10. The van der Waals surface area contributed by atoms with E-state index < -0.39 is 0 Å². The van der Waals surface area contributed by atoms with Crippen molar-refractivity contribution in [3.63, 3.8) is 0 Å². The van der Waals surface area contributed by atoms with Crippen LogP contribution in [0.5, 0.6) is 5.88 Å². The minimum absolute atomic E-state index is 0.0174. The van der Waals surface area contributed by atoms with Gasteiger partial charge in [-0.25, -0.2) is 4.98 Å². The van der Waals surface area contributed by atoms with Gasteiger partial charge in [-0.3, -0.25) is 4.79 Å². The summed E-state index contributed by atoms with van der Waals surface area (Å²) < 4.78 is 5.00. The van der Waals surface area contributed by atoms with Crippen LogP contribution in [0.15, 0.2) is 30.5 Å². The average Bonchev–Trinajstić information content (AvgIpc) is 2.63. The van der Waals surface area contributed by atoms with Gasteiger partial charge in [0.15, 0.2) is 11.0 Å². The lowest BCUT2D eigenvalue weighted by atomic mass is 9.96. The van der Waals surface area contributed by atoms with Crippen molar-refractivity contribution in [1.29, 1.82) is 0 Å². The first-order chi connectivity index (χ1) is 11.7. The molecule has 1 aliphatic rings. The highest BCUT2D eigenvalue weighted by molar-refractivity contribution is 6.29. The maximum Gasteiger partial charge on any atom is 0.227 e. The van der Waals surface area contributed by atoms with E-state index in [2.05, 4.69) is 25.4 Å². The second kappa shape index (κ2) is 7.44. The Morgan fingerprint density at radius 2 is 2.04 bits per heavy atom. The molecule has 1 aliphatic heterocycles. The number of hydrogen-bond acceptors (Lipinski definition) is 6. The predicted octanol–water partition coefficient (Wildman–Crippen LogP) is 2.39. The summed E-state index contributed by atoms with van der Waals surface area (Å²) in [5.74, 6) is 1.30. The number of carbonyl (C=O) groups excluding carboxylic acids is 1. The minimum atomic E-state index is -0.0244. The third-order valence-electron chi connectivity index (χ3n) is 4.02. The third-order valence-corrected chi connectivity index (χ3v) is 4.22. The Hall–Kier alpha value is -2.41. The van der Waals surface area contributed by atoms with Crippen molar-refractivity contribution >= 4 is 29.0 Å². The summed E-state index contributed by atoms with van der Waals surface area (Å²) in [4.78, 5) is 18.6. The Labute approximate surface area is 145 Å². The van der Waals surface area contributed by atoms with E-state index in [0.29, 0.717) is 16.7 Å². The molecule has 1 saturated heterocycles. The number of anilines is 2. The van der Waals surface area contributed by atoms with E-state index in [1.54, 1.807) is 31.5 Å². The molecule has 1 fully saturated rings. The van der Waals surface area contributed by atoms with Crippen LogP contribution in [-0.2, 0) is 4.79 Å². The number of pyridine rings is 1. The van der Waals surface area contributed by atoms with Gasteiger partial charge < -0.3 is 15.0 Å². The molecule has 3 rings (SSSR count). The van der Waals surface area contributed by atoms with Gasteiger partial charge in [-0.2, -0.15) is 0 Å². The Morgan fingerprint density at radius 1 is 1.25 bits per heavy atom. The lowest BCUT2D eigenvalue weighted by Gasteiger charge is -2.31. The van der Waals surface area contributed by atoms with Gasteiger partial charge >= 0.3 is 0 Å². The molecule has 0 aliphatic carbocycles. The molecular weight excluding hydrogens is 330 g/mol. The SMILES string of the molecule is COc1ccc(NC(=O)C2CCN(c3ccc(Cl)nn3)CC2)cn1. The summed E-state index contributed by atoms with van der Waals surface area (Å²) in [5, 5.41) is 11.2. The van der Waals surface area contributed by atoms with Crippen LogP contribution in [0.1, 0.15) is 12.8 Å². The van der Waals surface area contributed by atoms with E-state index in [4.69, 9.17) is 16.3 Å². The number of rotatable bonds is 4. The van der Waals surface area contributed by atoms with Crippen molar-refractivity contribution in [3.05, 3.63) is 35.6 Å². The molecule has 24 heavy (non-hydrogen) atoms. The van der Waals surface area contributed by atoms with E-state index >= 15 is 0 Å². The molecule has 2 aromatic rings. The van der Waals surface area contributed by atoms with Crippen molar-refractivity contribution in [2.45, 2.75) is 12.8 Å². The molecule has 0 saturated carbocycles. The molecule has 0 bridgehead atoms. The largest absolute Gasteiger partial charge is 0.481 e. The average molecular weight is 348 g/mol. The normalized spacial score (nSPS) is 15.2. The number of piperidine rings is 1. The number of methoxy groups -OCH3 is 1. The van der Waals surface area contributed by atoms with Crippen LogP contribution < -0.4 is 15.0 Å². The van der Waals surface area contributed by atoms with Crippen molar-refractivity contribution in [3.8, 4) is 5.88 Å². The molecule has 126 valence electrons. The zero-order valence-corrected chi connectivity index (χ0v) is 14.0. The zero-order valence-electron chi connectivity index (χ0n) is 13.3. The van der Waals surface area contributed by atoms with Gasteiger partial charge in [-0.1, -0.05) is 11.6 Å². The quantitative estimate of drug-likeness (QED) is 0.914. The molecule has 0 unspecified atom stereocenters. The molecule has 2 aromatic heterocycles.